The van der Waals surface area contributed by atoms with E-state index in [1.54, 1.807) is 0 Å². The van der Waals surface area contributed by atoms with Crippen LogP contribution in [0.2, 0.25) is 0 Å². The van der Waals surface area contributed by atoms with E-state index >= 15 is 0 Å². The molecule has 0 atom stereocenters. The molecule has 0 saturated carbocycles. The predicted molar refractivity (Wildman–Crippen MR) is 112 cm³/mol. The van der Waals surface area contributed by atoms with E-state index in [-0.39, 0.29) is 0 Å². The molecule has 4 nitrogen and oxygen atoms in total. The quantitative estimate of drug-likeness (QED) is 0.850. The zero-order valence-electron chi connectivity index (χ0n) is 17.0. The fraction of sp³-hybridized carbons (Fsp3) is 0.455. The van der Waals surface area contributed by atoms with E-state index in [1.165, 1.54) is 23.2 Å². The Kier molecular flexibility index (Phi) is 5.63. The molecule has 2 aromatic rings. The first-order valence-electron chi connectivity index (χ1n) is 9.60. The molecule has 27 heavy (non-hydrogen) atoms. The van der Waals surface area contributed by atoms with Crippen molar-refractivity contribution in [2.45, 2.75) is 51.9 Å². The van der Waals surface area contributed by atoms with Crippen molar-refractivity contribution in [3.8, 4) is 0 Å². The minimum Gasteiger partial charge on any atom is -0.374 e. The van der Waals surface area contributed by atoms with Gasteiger partial charge in [0.1, 0.15) is 0 Å². The van der Waals surface area contributed by atoms with Crippen LogP contribution < -0.4 is 9.62 Å². The summed E-state index contributed by atoms with van der Waals surface area (Å²) >= 11 is 0. The molecule has 1 N–H and O–H groups in total. The number of sulfonamides is 1. The fourth-order valence-electron chi connectivity index (χ4n) is 3.98. The molecule has 1 aliphatic rings. The van der Waals surface area contributed by atoms with E-state index in [9.17, 15) is 8.42 Å². The number of nitrogens with one attached hydrogen (secondary N) is 1. The molecule has 1 heterocycles. The van der Waals surface area contributed by atoms with Crippen LogP contribution in [0.1, 0.15) is 39.8 Å². The number of aryl methyl sites for hydroxylation is 3. The second-order valence-corrected chi connectivity index (χ2v) is 9.43. The number of hydrogen-bond donors (Lipinski definition) is 1. The summed E-state index contributed by atoms with van der Waals surface area (Å²) in [6.45, 7) is 9.20. The van der Waals surface area contributed by atoms with E-state index < -0.39 is 10.0 Å². The molecule has 0 spiro atoms. The molecule has 0 unspecified atom stereocenters. The van der Waals surface area contributed by atoms with Crippen LogP contribution in [0, 0.1) is 27.7 Å². The summed E-state index contributed by atoms with van der Waals surface area (Å²) in [5.74, 6) is 0. The Morgan fingerprint density at radius 3 is 2.37 bits per heavy atom. The SMILES string of the molecule is Cc1cc(C)c(C)c(S(=O)(=O)NCCc2ccc3c(c2)CCCN3C)c1C. The van der Waals surface area contributed by atoms with Gasteiger partial charge in [0, 0.05) is 25.8 Å². The molecule has 0 saturated heterocycles. The zero-order chi connectivity index (χ0) is 19.8. The summed E-state index contributed by atoms with van der Waals surface area (Å²) in [4.78, 5) is 2.73. The molecule has 0 aliphatic carbocycles. The molecular weight excluding hydrogens is 356 g/mol. The molecule has 5 heteroatoms. The second kappa shape index (κ2) is 7.64. The lowest BCUT2D eigenvalue weighted by Gasteiger charge is -2.27. The molecule has 2 aromatic carbocycles. The maximum absolute atomic E-state index is 12.9. The second-order valence-electron chi connectivity index (χ2n) is 7.73. The van der Waals surface area contributed by atoms with Crippen LogP contribution in [0.5, 0.6) is 0 Å². The van der Waals surface area contributed by atoms with Crippen LogP contribution in [-0.2, 0) is 22.9 Å². The van der Waals surface area contributed by atoms with Crippen molar-refractivity contribution in [2.75, 3.05) is 25.0 Å². The summed E-state index contributed by atoms with van der Waals surface area (Å²) in [6, 6.07) is 8.55. The van der Waals surface area contributed by atoms with Gasteiger partial charge in [-0.2, -0.15) is 0 Å². The Bertz CT molecular complexity index is 939. The number of nitrogens with zero attached hydrogens (tertiary/aromatic N) is 1. The van der Waals surface area contributed by atoms with Gasteiger partial charge in [-0.25, -0.2) is 13.1 Å². The highest BCUT2D eigenvalue weighted by molar-refractivity contribution is 7.89. The maximum Gasteiger partial charge on any atom is 0.241 e. The highest BCUT2D eigenvalue weighted by atomic mass is 32.2. The van der Waals surface area contributed by atoms with Crippen LogP contribution in [0.15, 0.2) is 29.2 Å². The lowest BCUT2D eigenvalue weighted by atomic mass is 9.98. The Labute approximate surface area is 163 Å². The van der Waals surface area contributed by atoms with Crippen molar-refractivity contribution >= 4 is 15.7 Å². The topological polar surface area (TPSA) is 49.4 Å². The Morgan fingerprint density at radius 2 is 1.70 bits per heavy atom. The van der Waals surface area contributed by atoms with Crippen molar-refractivity contribution in [3.63, 3.8) is 0 Å². The summed E-state index contributed by atoms with van der Waals surface area (Å²) in [7, 11) is -1.40. The third-order valence-corrected chi connectivity index (χ3v) is 7.50. The molecule has 0 aromatic heterocycles. The van der Waals surface area contributed by atoms with E-state index in [0.29, 0.717) is 17.9 Å². The average molecular weight is 387 g/mol. The van der Waals surface area contributed by atoms with Crippen LogP contribution in [0.4, 0.5) is 5.69 Å². The van der Waals surface area contributed by atoms with Crippen LogP contribution in [0.25, 0.3) is 0 Å². The zero-order valence-corrected chi connectivity index (χ0v) is 17.8. The highest BCUT2D eigenvalue weighted by Crippen LogP contribution is 2.28. The van der Waals surface area contributed by atoms with Gasteiger partial charge < -0.3 is 4.90 Å². The molecule has 0 fully saturated rings. The number of hydrogen-bond acceptors (Lipinski definition) is 3. The van der Waals surface area contributed by atoms with Gasteiger partial charge in [0.05, 0.1) is 4.90 Å². The minimum absolute atomic E-state index is 0.406. The van der Waals surface area contributed by atoms with Crippen molar-refractivity contribution in [3.05, 3.63) is 57.6 Å². The van der Waals surface area contributed by atoms with Crippen molar-refractivity contribution in [1.82, 2.24) is 4.72 Å². The summed E-state index contributed by atoms with van der Waals surface area (Å²) < 4.78 is 28.7. The normalized spacial score (nSPS) is 14.3. The highest BCUT2D eigenvalue weighted by Gasteiger charge is 2.21. The minimum atomic E-state index is -3.52. The van der Waals surface area contributed by atoms with E-state index in [0.717, 1.165) is 35.2 Å². The molecule has 3 rings (SSSR count). The van der Waals surface area contributed by atoms with Gasteiger partial charge in [-0.05, 0) is 86.4 Å². The first-order chi connectivity index (χ1) is 12.7. The lowest BCUT2D eigenvalue weighted by Crippen LogP contribution is -2.28. The van der Waals surface area contributed by atoms with E-state index in [1.807, 2.05) is 33.8 Å². The van der Waals surface area contributed by atoms with Gasteiger partial charge in [0.25, 0.3) is 0 Å². The van der Waals surface area contributed by atoms with Gasteiger partial charge >= 0.3 is 0 Å². The lowest BCUT2D eigenvalue weighted by molar-refractivity contribution is 0.580. The third-order valence-electron chi connectivity index (χ3n) is 5.77. The van der Waals surface area contributed by atoms with Gasteiger partial charge in [-0.1, -0.05) is 18.2 Å². The Hall–Kier alpha value is -1.85. The van der Waals surface area contributed by atoms with Crippen molar-refractivity contribution in [2.24, 2.45) is 0 Å². The Balaban J connectivity index is 1.74. The number of benzene rings is 2. The van der Waals surface area contributed by atoms with Gasteiger partial charge in [-0.15, -0.1) is 0 Å². The van der Waals surface area contributed by atoms with Crippen molar-refractivity contribution in [1.29, 1.82) is 0 Å². The Morgan fingerprint density at radius 1 is 1.04 bits per heavy atom. The van der Waals surface area contributed by atoms with Gasteiger partial charge in [0.15, 0.2) is 0 Å². The molecule has 0 bridgehead atoms. The maximum atomic E-state index is 12.9. The van der Waals surface area contributed by atoms with Crippen LogP contribution in [-0.4, -0.2) is 28.6 Å². The van der Waals surface area contributed by atoms with Gasteiger partial charge in [0.2, 0.25) is 10.0 Å². The van der Waals surface area contributed by atoms with E-state index in [4.69, 9.17) is 0 Å². The fourth-order valence-corrected chi connectivity index (χ4v) is 5.62. The number of anilines is 1. The standard InChI is InChI=1S/C22H30N2O2S/c1-15-13-16(2)18(4)22(17(15)3)27(25,26)23-11-10-19-8-9-21-20(14-19)7-6-12-24(21)5/h8-9,13-14,23H,6-7,10-12H2,1-5H3. The summed E-state index contributed by atoms with van der Waals surface area (Å²) in [6.07, 6.45) is 2.96. The largest absolute Gasteiger partial charge is 0.374 e. The first-order valence-corrected chi connectivity index (χ1v) is 11.1. The van der Waals surface area contributed by atoms with E-state index in [2.05, 4.69) is 34.9 Å². The molecule has 0 radical (unpaired) electrons. The van der Waals surface area contributed by atoms with Crippen LogP contribution in [0.3, 0.4) is 0 Å². The number of rotatable bonds is 5. The predicted octanol–water partition coefficient (Wildman–Crippen LogP) is 3.82. The average Bonchev–Trinajstić information content (AvgIpc) is 2.60. The summed E-state index contributed by atoms with van der Waals surface area (Å²) in [5, 5.41) is 0. The van der Waals surface area contributed by atoms with Crippen LogP contribution >= 0.6 is 0 Å². The molecule has 0 amide bonds. The monoisotopic (exact) mass is 386 g/mol. The third kappa shape index (κ3) is 4.04. The summed E-state index contributed by atoms with van der Waals surface area (Å²) in [5.41, 5.74) is 7.54. The first kappa shape index (κ1) is 19.9. The molecule has 146 valence electrons. The van der Waals surface area contributed by atoms with Gasteiger partial charge in [-0.3, -0.25) is 0 Å². The smallest absolute Gasteiger partial charge is 0.241 e. The van der Waals surface area contributed by atoms with Crippen molar-refractivity contribution < 1.29 is 8.42 Å². The molecule has 1 aliphatic heterocycles. The number of fused-ring (bicyclic) bond motifs is 1. The molecular formula is C22H30N2O2S.